The number of aromatic nitrogens is 1. The molecule has 35 heavy (non-hydrogen) atoms. The van der Waals surface area contributed by atoms with Crippen LogP contribution in [0.1, 0.15) is 48.9 Å². The summed E-state index contributed by atoms with van der Waals surface area (Å²) in [6.45, 7) is 0. The van der Waals surface area contributed by atoms with Crippen LogP contribution < -0.4 is 10.6 Å². The number of Topliss-reactive ketones (excluding diaryl/α,β-unsaturated/α-hetero) is 1. The zero-order valence-electron chi connectivity index (χ0n) is 18.9. The molecule has 0 saturated heterocycles. The molecule has 2 saturated carbocycles. The average Bonchev–Trinajstić information content (AvgIpc) is 3.68. The van der Waals surface area contributed by atoms with Crippen LogP contribution in [0.3, 0.4) is 0 Å². The Labute approximate surface area is 212 Å². The van der Waals surface area contributed by atoms with Crippen LogP contribution in [0, 0.1) is 5.92 Å². The van der Waals surface area contributed by atoms with Crippen molar-refractivity contribution in [2.24, 2.45) is 5.92 Å². The molecular formula is C26H25Cl2N3O4. The Hall–Kier alpha value is -3.03. The number of nitrogens with one attached hydrogen (secondary N) is 2. The van der Waals surface area contributed by atoms with Crippen molar-refractivity contribution in [2.45, 2.75) is 50.6 Å². The molecule has 0 unspecified atom stereocenters. The zero-order valence-corrected chi connectivity index (χ0v) is 20.4. The van der Waals surface area contributed by atoms with E-state index < -0.39 is 6.09 Å². The second-order valence-corrected chi connectivity index (χ2v) is 10.2. The van der Waals surface area contributed by atoms with E-state index in [1.54, 1.807) is 18.3 Å². The summed E-state index contributed by atoms with van der Waals surface area (Å²) < 4.78 is 0. The van der Waals surface area contributed by atoms with Gasteiger partial charge in [-0.3, -0.25) is 9.78 Å². The van der Waals surface area contributed by atoms with Gasteiger partial charge >= 0.3 is 6.09 Å². The van der Waals surface area contributed by atoms with Crippen molar-refractivity contribution in [3.05, 3.63) is 52.1 Å². The molecule has 1 heterocycles. The van der Waals surface area contributed by atoms with Gasteiger partial charge in [-0.05, 0) is 73.9 Å². The number of aromatic hydroxyl groups is 1. The van der Waals surface area contributed by atoms with Crippen molar-refractivity contribution in [3.63, 3.8) is 0 Å². The van der Waals surface area contributed by atoms with Crippen LogP contribution in [0.15, 0.2) is 36.5 Å². The fraction of sp³-hybridized carbons (Fsp3) is 0.346. The number of anilines is 1. The minimum atomic E-state index is -0.999. The summed E-state index contributed by atoms with van der Waals surface area (Å²) >= 11 is 12.3. The highest BCUT2D eigenvalue weighted by Crippen LogP contribution is 2.40. The van der Waals surface area contributed by atoms with Crippen LogP contribution in [-0.2, 0) is 0 Å². The number of carbonyl (C=O) groups is 2. The summed E-state index contributed by atoms with van der Waals surface area (Å²) in [6.07, 6.45) is 5.49. The molecule has 3 aromatic rings. The lowest BCUT2D eigenvalue weighted by Crippen LogP contribution is -2.39. The average molecular weight is 514 g/mol. The third-order valence-corrected chi connectivity index (χ3v) is 7.41. The molecule has 0 spiro atoms. The summed E-state index contributed by atoms with van der Waals surface area (Å²) in [5.74, 6) is -0.0142. The predicted molar refractivity (Wildman–Crippen MR) is 137 cm³/mol. The van der Waals surface area contributed by atoms with Gasteiger partial charge in [-0.1, -0.05) is 29.3 Å². The van der Waals surface area contributed by atoms with Gasteiger partial charge in [-0.15, -0.1) is 0 Å². The zero-order chi connectivity index (χ0) is 24.7. The standard InChI is InChI=1S/C26H25Cl2N3O4/c27-20-10-15(11-21(28)25(20)33)14-3-8-22-18(9-14)23(19(12-29-22)24(32)13-1-2-13)30-16-4-6-17(7-5-16)31-26(34)35/h3,8-13,16-17,31,33H,1-2,4-7H2,(H,29,30)(H,34,35)/t16-,17-. The Bertz CT molecular complexity index is 1290. The summed E-state index contributed by atoms with van der Waals surface area (Å²) in [5.41, 5.74) is 3.67. The predicted octanol–water partition coefficient (Wildman–Crippen LogP) is 6.50. The minimum Gasteiger partial charge on any atom is -0.505 e. The molecule has 7 nitrogen and oxygen atoms in total. The Balaban J connectivity index is 1.53. The van der Waals surface area contributed by atoms with Gasteiger partial charge in [0.25, 0.3) is 0 Å². The summed E-state index contributed by atoms with van der Waals surface area (Å²) in [7, 11) is 0. The van der Waals surface area contributed by atoms with Gasteiger partial charge in [0.1, 0.15) is 0 Å². The van der Waals surface area contributed by atoms with Gasteiger partial charge in [0.2, 0.25) is 0 Å². The van der Waals surface area contributed by atoms with E-state index in [-0.39, 0.29) is 39.6 Å². The molecule has 0 radical (unpaired) electrons. The number of hydrogen-bond donors (Lipinski definition) is 4. The van der Waals surface area contributed by atoms with Crippen LogP contribution in [0.4, 0.5) is 10.5 Å². The molecule has 0 aliphatic heterocycles. The third-order valence-electron chi connectivity index (χ3n) is 6.84. The Morgan fingerprint density at radius 2 is 1.57 bits per heavy atom. The highest BCUT2D eigenvalue weighted by molar-refractivity contribution is 6.37. The number of amides is 1. The molecule has 2 aliphatic carbocycles. The topological polar surface area (TPSA) is 112 Å². The second-order valence-electron chi connectivity index (χ2n) is 9.35. The van der Waals surface area contributed by atoms with Crippen LogP contribution >= 0.6 is 23.2 Å². The van der Waals surface area contributed by atoms with Crippen LogP contribution in [0.2, 0.25) is 10.0 Å². The van der Waals surface area contributed by atoms with Gasteiger partial charge in [-0.25, -0.2) is 4.79 Å². The van der Waals surface area contributed by atoms with Gasteiger partial charge in [0.05, 0.1) is 26.8 Å². The maximum atomic E-state index is 13.2. The summed E-state index contributed by atoms with van der Waals surface area (Å²) in [4.78, 5) is 28.7. The number of ketones is 1. The number of carboxylic acid groups (broad SMARTS) is 1. The number of carbonyl (C=O) groups excluding carboxylic acids is 1. The minimum absolute atomic E-state index is 0.0446. The molecule has 5 rings (SSSR count). The molecule has 0 atom stereocenters. The first-order valence-electron chi connectivity index (χ1n) is 11.7. The fourth-order valence-corrected chi connectivity index (χ4v) is 5.26. The number of halogens is 2. The van der Waals surface area contributed by atoms with Crippen molar-refractivity contribution >= 4 is 51.7 Å². The number of benzene rings is 2. The van der Waals surface area contributed by atoms with E-state index in [0.717, 1.165) is 66.2 Å². The van der Waals surface area contributed by atoms with E-state index in [1.807, 2.05) is 18.2 Å². The van der Waals surface area contributed by atoms with Gasteiger partial charge < -0.3 is 20.8 Å². The van der Waals surface area contributed by atoms with Crippen molar-refractivity contribution in [2.75, 3.05) is 5.32 Å². The lowest BCUT2D eigenvalue weighted by Gasteiger charge is -2.30. The first kappa shape index (κ1) is 23.7. The van der Waals surface area contributed by atoms with Crippen LogP contribution in [-0.4, -0.2) is 39.2 Å². The van der Waals surface area contributed by atoms with E-state index in [4.69, 9.17) is 28.3 Å². The molecule has 0 bridgehead atoms. The largest absolute Gasteiger partial charge is 0.505 e. The Morgan fingerprint density at radius 3 is 2.20 bits per heavy atom. The van der Waals surface area contributed by atoms with E-state index in [9.17, 15) is 14.7 Å². The highest BCUT2D eigenvalue weighted by Gasteiger charge is 2.33. The van der Waals surface area contributed by atoms with E-state index in [0.29, 0.717) is 5.56 Å². The van der Waals surface area contributed by atoms with Crippen molar-refractivity contribution in [1.29, 1.82) is 0 Å². The molecule has 2 fully saturated rings. The number of fused-ring (bicyclic) bond motifs is 1. The molecule has 4 N–H and O–H groups in total. The van der Waals surface area contributed by atoms with Crippen molar-refractivity contribution in [1.82, 2.24) is 10.3 Å². The number of phenols is 1. The first-order valence-corrected chi connectivity index (χ1v) is 12.5. The van der Waals surface area contributed by atoms with E-state index in [2.05, 4.69) is 15.6 Å². The maximum Gasteiger partial charge on any atom is 0.404 e. The van der Waals surface area contributed by atoms with Gasteiger partial charge in [-0.2, -0.15) is 0 Å². The summed E-state index contributed by atoms with van der Waals surface area (Å²) in [5, 5.41) is 26.3. The Kier molecular flexibility index (Phi) is 6.47. The fourth-order valence-electron chi connectivity index (χ4n) is 4.77. The van der Waals surface area contributed by atoms with Crippen molar-refractivity contribution < 1.29 is 19.8 Å². The molecule has 2 aromatic carbocycles. The smallest absolute Gasteiger partial charge is 0.404 e. The number of nitrogens with zero attached hydrogens (tertiary/aromatic N) is 1. The lowest BCUT2D eigenvalue weighted by atomic mass is 9.90. The number of pyridine rings is 1. The first-order chi connectivity index (χ1) is 16.8. The molecule has 9 heteroatoms. The SMILES string of the molecule is O=C(O)N[C@H]1CC[C@H](Nc2c(C(=O)C3CC3)cnc3ccc(-c4cc(Cl)c(O)c(Cl)c4)cc23)CC1. The molecule has 1 amide bonds. The molecule has 1 aromatic heterocycles. The third kappa shape index (κ3) is 5.02. The number of phenolic OH excluding ortho intramolecular Hbond substituents is 1. The number of rotatable bonds is 6. The quantitative estimate of drug-likeness (QED) is 0.280. The number of hydrogen-bond acceptors (Lipinski definition) is 5. The van der Waals surface area contributed by atoms with Crippen LogP contribution in [0.5, 0.6) is 5.75 Å². The van der Waals surface area contributed by atoms with E-state index in [1.165, 1.54) is 0 Å². The van der Waals surface area contributed by atoms with Crippen molar-refractivity contribution in [3.8, 4) is 16.9 Å². The highest BCUT2D eigenvalue weighted by atomic mass is 35.5. The molecule has 2 aliphatic rings. The summed E-state index contributed by atoms with van der Waals surface area (Å²) in [6, 6.07) is 9.13. The maximum absolute atomic E-state index is 13.2. The Morgan fingerprint density at radius 1 is 0.914 bits per heavy atom. The second kappa shape index (κ2) is 9.55. The monoisotopic (exact) mass is 513 g/mol. The molecular weight excluding hydrogens is 489 g/mol. The molecule has 182 valence electrons. The lowest BCUT2D eigenvalue weighted by molar-refractivity contribution is 0.0968. The normalized spacial score (nSPS) is 19.9. The van der Waals surface area contributed by atoms with Crippen LogP contribution in [0.25, 0.3) is 22.0 Å². The van der Waals surface area contributed by atoms with Gasteiger partial charge in [0, 0.05) is 29.6 Å². The van der Waals surface area contributed by atoms with E-state index >= 15 is 0 Å². The van der Waals surface area contributed by atoms with Gasteiger partial charge in [0.15, 0.2) is 11.5 Å².